The Bertz CT molecular complexity index is 766. The molecule has 2 heterocycles. The SMILES string of the molecule is Clc1ccc2sc(SCc3noc(C4CC4)n3)nc2c1. The van der Waals surface area contributed by atoms with Gasteiger partial charge in [-0.15, -0.1) is 11.3 Å². The van der Waals surface area contributed by atoms with E-state index in [0.717, 1.165) is 26.3 Å². The quantitative estimate of drug-likeness (QED) is 0.661. The lowest BCUT2D eigenvalue weighted by molar-refractivity contribution is 0.375. The summed E-state index contributed by atoms with van der Waals surface area (Å²) < 4.78 is 7.39. The molecule has 0 atom stereocenters. The fourth-order valence-electron chi connectivity index (χ4n) is 1.89. The fourth-order valence-corrected chi connectivity index (χ4v) is 3.95. The molecule has 1 aliphatic carbocycles. The van der Waals surface area contributed by atoms with Crippen molar-refractivity contribution in [3.63, 3.8) is 0 Å². The standard InChI is InChI=1S/C13H10ClN3OS2/c14-8-3-4-10-9(5-8)15-13(20-10)19-6-11-16-12(18-17-11)7-1-2-7/h3-5,7H,1-2,6H2. The van der Waals surface area contributed by atoms with Gasteiger partial charge in [-0.25, -0.2) is 4.98 Å². The van der Waals surface area contributed by atoms with Gasteiger partial charge in [0, 0.05) is 10.9 Å². The molecular weight excluding hydrogens is 314 g/mol. The Kier molecular flexibility index (Phi) is 3.17. The summed E-state index contributed by atoms with van der Waals surface area (Å²) in [6, 6.07) is 5.77. The summed E-state index contributed by atoms with van der Waals surface area (Å²) in [6.45, 7) is 0. The second-order valence-electron chi connectivity index (χ2n) is 4.70. The van der Waals surface area contributed by atoms with E-state index >= 15 is 0 Å². The van der Waals surface area contributed by atoms with Gasteiger partial charge < -0.3 is 4.52 Å². The van der Waals surface area contributed by atoms with E-state index in [1.54, 1.807) is 23.1 Å². The Hall–Kier alpha value is -1.11. The van der Waals surface area contributed by atoms with Crippen LogP contribution in [-0.2, 0) is 5.75 Å². The predicted octanol–water partition coefficient (Wildman–Crippen LogP) is 4.50. The van der Waals surface area contributed by atoms with Gasteiger partial charge in [0.25, 0.3) is 0 Å². The summed E-state index contributed by atoms with van der Waals surface area (Å²) in [5.74, 6) is 2.72. The van der Waals surface area contributed by atoms with Gasteiger partial charge in [0.05, 0.1) is 16.0 Å². The van der Waals surface area contributed by atoms with E-state index in [1.165, 1.54) is 12.8 Å². The molecule has 0 bridgehead atoms. The molecule has 0 radical (unpaired) electrons. The molecule has 4 nitrogen and oxygen atoms in total. The summed E-state index contributed by atoms with van der Waals surface area (Å²) in [7, 11) is 0. The number of aromatic nitrogens is 3. The van der Waals surface area contributed by atoms with Crippen molar-refractivity contribution in [1.29, 1.82) is 0 Å². The summed E-state index contributed by atoms with van der Waals surface area (Å²) in [5, 5.41) is 4.72. The van der Waals surface area contributed by atoms with E-state index in [-0.39, 0.29) is 0 Å². The largest absolute Gasteiger partial charge is 0.339 e. The number of halogens is 1. The van der Waals surface area contributed by atoms with Crippen LogP contribution in [0.5, 0.6) is 0 Å². The van der Waals surface area contributed by atoms with Gasteiger partial charge >= 0.3 is 0 Å². The monoisotopic (exact) mass is 323 g/mol. The molecule has 1 fully saturated rings. The molecular formula is C13H10ClN3OS2. The summed E-state index contributed by atoms with van der Waals surface area (Å²) >= 11 is 9.25. The van der Waals surface area contributed by atoms with E-state index in [0.29, 0.717) is 16.7 Å². The zero-order valence-corrected chi connectivity index (χ0v) is 12.8. The third-order valence-corrected chi connectivity index (χ3v) is 5.48. The number of thiazole rings is 1. The lowest BCUT2D eigenvalue weighted by Crippen LogP contribution is -1.84. The Labute approximate surface area is 128 Å². The third kappa shape index (κ3) is 2.55. The van der Waals surface area contributed by atoms with Crippen LogP contribution in [0.4, 0.5) is 0 Å². The molecule has 102 valence electrons. The molecule has 1 aromatic carbocycles. The van der Waals surface area contributed by atoms with Crippen LogP contribution in [0.1, 0.15) is 30.5 Å². The van der Waals surface area contributed by atoms with Crippen LogP contribution >= 0.6 is 34.7 Å². The number of hydrogen-bond acceptors (Lipinski definition) is 6. The topological polar surface area (TPSA) is 51.8 Å². The van der Waals surface area contributed by atoms with Gasteiger partial charge in [-0.1, -0.05) is 28.5 Å². The highest BCUT2D eigenvalue weighted by molar-refractivity contribution is 8.00. The predicted molar refractivity (Wildman–Crippen MR) is 80.5 cm³/mol. The normalized spacial score (nSPS) is 15.1. The molecule has 1 aliphatic rings. The highest BCUT2D eigenvalue weighted by Crippen LogP contribution is 2.39. The first kappa shape index (κ1) is 12.6. The third-order valence-electron chi connectivity index (χ3n) is 3.07. The van der Waals surface area contributed by atoms with Crippen LogP contribution in [0.3, 0.4) is 0 Å². The highest BCUT2D eigenvalue weighted by atomic mass is 35.5. The zero-order chi connectivity index (χ0) is 13.5. The Morgan fingerprint density at radius 1 is 1.35 bits per heavy atom. The van der Waals surface area contributed by atoms with Gasteiger partial charge in [0.15, 0.2) is 10.2 Å². The Morgan fingerprint density at radius 3 is 3.10 bits per heavy atom. The van der Waals surface area contributed by atoms with Gasteiger partial charge in [-0.05, 0) is 31.0 Å². The van der Waals surface area contributed by atoms with Crippen LogP contribution in [0, 0.1) is 0 Å². The van der Waals surface area contributed by atoms with Crippen molar-refractivity contribution in [2.24, 2.45) is 0 Å². The van der Waals surface area contributed by atoms with Crippen molar-refractivity contribution in [2.45, 2.75) is 28.9 Å². The molecule has 0 saturated heterocycles. The van der Waals surface area contributed by atoms with Gasteiger partial charge in [0.1, 0.15) is 0 Å². The highest BCUT2D eigenvalue weighted by Gasteiger charge is 2.29. The minimum Gasteiger partial charge on any atom is -0.339 e. The number of fused-ring (bicyclic) bond motifs is 1. The zero-order valence-electron chi connectivity index (χ0n) is 10.4. The molecule has 7 heteroatoms. The first-order valence-electron chi connectivity index (χ1n) is 6.29. The van der Waals surface area contributed by atoms with Crippen molar-refractivity contribution in [3.05, 3.63) is 34.9 Å². The van der Waals surface area contributed by atoms with Gasteiger partial charge in [-0.2, -0.15) is 4.98 Å². The van der Waals surface area contributed by atoms with Crippen LogP contribution in [0.15, 0.2) is 27.1 Å². The van der Waals surface area contributed by atoms with Crippen LogP contribution in [0.25, 0.3) is 10.2 Å². The van der Waals surface area contributed by atoms with Crippen molar-refractivity contribution < 1.29 is 4.52 Å². The minimum absolute atomic E-state index is 0.505. The van der Waals surface area contributed by atoms with Crippen molar-refractivity contribution >= 4 is 44.9 Å². The van der Waals surface area contributed by atoms with E-state index in [4.69, 9.17) is 16.1 Å². The summed E-state index contributed by atoms with van der Waals surface area (Å²) in [4.78, 5) is 8.97. The van der Waals surface area contributed by atoms with Gasteiger partial charge in [-0.3, -0.25) is 0 Å². The maximum absolute atomic E-state index is 5.96. The van der Waals surface area contributed by atoms with Gasteiger partial charge in [0.2, 0.25) is 5.89 Å². The first-order chi connectivity index (χ1) is 9.78. The maximum Gasteiger partial charge on any atom is 0.229 e. The van der Waals surface area contributed by atoms with Crippen molar-refractivity contribution in [2.75, 3.05) is 0 Å². The second-order valence-corrected chi connectivity index (χ2v) is 7.39. The number of rotatable bonds is 4. The molecule has 0 spiro atoms. The first-order valence-corrected chi connectivity index (χ1v) is 8.47. The summed E-state index contributed by atoms with van der Waals surface area (Å²) in [6.07, 6.45) is 2.35. The number of nitrogens with zero attached hydrogens (tertiary/aromatic N) is 3. The van der Waals surface area contributed by atoms with Crippen molar-refractivity contribution in [1.82, 2.24) is 15.1 Å². The maximum atomic E-state index is 5.96. The average Bonchev–Trinajstić information content (AvgIpc) is 3.04. The Balaban J connectivity index is 1.48. The van der Waals surface area contributed by atoms with E-state index < -0.39 is 0 Å². The van der Waals surface area contributed by atoms with Crippen LogP contribution in [-0.4, -0.2) is 15.1 Å². The number of hydrogen-bond donors (Lipinski definition) is 0. The van der Waals surface area contributed by atoms with E-state index in [1.807, 2.05) is 18.2 Å². The lowest BCUT2D eigenvalue weighted by Gasteiger charge is -1.90. The number of benzene rings is 1. The van der Waals surface area contributed by atoms with E-state index in [9.17, 15) is 0 Å². The molecule has 4 rings (SSSR count). The molecule has 0 unspecified atom stereocenters. The number of thioether (sulfide) groups is 1. The molecule has 3 aromatic rings. The molecule has 0 aliphatic heterocycles. The molecule has 0 N–H and O–H groups in total. The molecule has 2 aromatic heterocycles. The molecule has 0 amide bonds. The van der Waals surface area contributed by atoms with Crippen LogP contribution in [0.2, 0.25) is 5.02 Å². The summed E-state index contributed by atoms with van der Waals surface area (Å²) in [5.41, 5.74) is 0.941. The lowest BCUT2D eigenvalue weighted by atomic mass is 10.3. The van der Waals surface area contributed by atoms with Crippen LogP contribution < -0.4 is 0 Å². The molecule has 20 heavy (non-hydrogen) atoms. The minimum atomic E-state index is 0.505. The fraction of sp³-hybridized carbons (Fsp3) is 0.308. The smallest absolute Gasteiger partial charge is 0.229 e. The molecule has 1 saturated carbocycles. The van der Waals surface area contributed by atoms with Crippen molar-refractivity contribution in [3.8, 4) is 0 Å². The Morgan fingerprint density at radius 2 is 2.25 bits per heavy atom. The average molecular weight is 324 g/mol. The second kappa shape index (κ2) is 5.02. The van der Waals surface area contributed by atoms with E-state index in [2.05, 4.69) is 15.1 Å².